The highest BCUT2D eigenvalue weighted by Crippen LogP contribution is 2.20. The molecule has 116 valence electrons. The van der Waals surface area contributed by atoms with Gasteiger partial charge in [-0.3, -0.25) is 4.99 Å². The fraction of sp³-hybridized carbons (Fsp3) is 0.111. The monoisotopic (exact) mass is 325 g/mol. The highest BCUT2D eigenvalue weighted by Gasteiger charge is 2.08. The second kappa shape index (κ2) is 6.71. The molecule has 23 heavy (non-hydrogen) atoms. The van der Waals surface area contributed by atoms with Crippen LogP contribution in [0.25, 0.3) is 11.3 Å². The average molecular weight is 325 g/mol. The van der Waals surface area contributed by atoms with Crippen LogP contribution in [0.4, 0.5) is 4.39 Å². The van der Waals surface area contributed by atoms with Gasteiger partial charge in [0.25, 0.3) is 0 Å². The molecule has 0 aliphatic rings. The molecule has 3 rings (SSSR count). The Morgan fingerprint density at radius 3 is 2.57 bits per heavy atom. The number of nitrogens with zero attached hydrogens (tertiary/aromatic N) is 3. The van der Waals surface area contributed by atoms with Gasteiger partial charge >= 0.3 is 0 Å². The van der Waals surface area contributed by atoms with Crippen LogP contribution in [-0.4, -0.2) is 17.4 Å². The minimum Gasteiger partial charge on any atom is -0.261 e. The lowest BCUT2D eigenvalue weighted by molar-refractivity contribution is 0.627. The molecule has 0 atom stereocenters. The van der Waals surface area contributed by atoms with Crippen LogP contribution in [0.2, 0.25) is 0 Å². The molecular weight excluding hydrogens is 309 g/mol. The van der Waals surface area contributed by atoms with Crippen molar-refractivity contribution in [3.8, 4) is 11.3 Å². The van der Waals surface area contributed by atoms with Crippen LogP contribution in [0.15, 0.2) is 70.1 Å². The fourth-order valence-corrected chi connectivity index (χ4v) is 3.07. The third-order valence-corrected chi connectivity index (χ3v) is 4.35. The van der Waals surface area contributed by atoms with Crippen LogP contribution in [0.1, 0.15) is 12.5 Å². The van der Waals surface area contributed by atoms with E-state index in [1.54, 1.807) is 17.8 Å². The Hall–Kier alpha value is -2.53. The molecule has 0 fully saturated rings. The number of rotatable bonds is 3. The molecule has 0 aliphatic heterocycles. The number of halogens is 1. The first-order chi connectivity index (χ1) is 11.2. The molecule has 3 nitrogen and oxygen atoms in total. The van der Waals surface area contributed by atoms with Gasteiger partial charge in [-0.05, 0) is 19.1 Å². The van der Waals surface area contributed by atoms with Crippen LogP contribution >= 0.6 is 11.3 Å². The van der Waals surface area contributed by atoms with Gasteiger partial charge in [-0.25, -0.2) is 9.07 Å². The third-order valence-electron chi connectivity index (χ3n) is 3.44. The Kier molecular flexibility index (Phi) is 4.48. The molecule has 0 unspecified atom stereocenters. The second-order valence-corrected chi connectivity index (χ2v) is 5.84. The van der Waals surface area contributed by atoms with Crippen molar-refractivity contribution in [2.24, 2.45) is 10.1 Å². The number of thiazole rings is 1. The number of hydrogen-bond donors (Lipinski definition) is 0. The van der Waals surface area contributed by atoms with Crippen molar-refractivity contribution in [1.29, 1.82) is 0 Å². The molecule has 0 spiro atoms. The summed E-state index contributed by atoms with van der Waals surface area (Å²) in [5.74, 6) is -0.268. The van der Waals surface area contributed by atoms with Gasteiger partial charge in [0.15, 0.2) is 0 Å². The summed E-state index contributed by atoms with van der Waals surface area (Å²) in [5, 5.41) is 6.69. The predicted molar refractivity (Wildman–Crippen MR) is 93.2 cm³/mol. The summed E-state index contributed by atoms with van der Waals surface area (Å²) in [6.45, 7) is 1.87. The molecule has 0 saturated heterocycles. The third kappa shape index (κ3) is 3.29. The average Bonchev–Trinajstić information content (AvgIpc) is 2.98. The SMILES string of the molecule is CN=c1scc(-c2ccccc2)n1N=C(C)c1cccc(F)c1. The molecule has 0 amide bonds. The summed E-state index contributed by atoms with van der Waals surface area (Å²) in [4.78, 5) is 5.07. The maximum Gasteiger partial charge on any atom is 0.205 e. The minimum atomic E-state index is -0.268. The minimum absolute atomic E-state index is 0.268. The van der Waals surface area contributed by atoms with E-state index in [1.807, 2.05) is 48.7 Å². The zero-order chi connectivity index (χ0) is 16.2. The Labute approximate surface area is 138 Å². The van der Waals surface area contributed by atoms with E-state index in [4.69, 9.17) is 0 Å². The summed E-state index contributed by atoms with van der Waals surface area (Å²) in [6, 6.07) is 16.5. The van der Waals surface area contributed by atoms with Crippen molar-refractivity contribution in [3.05, 3.63) is 76.2 Å². The predicted octanol–water partition coefficient (Wildman–Crippen LogP) is 4.16. The standard InChI is InChI=1S/C18H16FN3S/c1-13(15-9-6-10-16(19)11-15)21-22-17(12-23-18(22)20-2)14-7-4-3-5-8-14/h3-12H,1-2H3. The summed E-state index contributed by atoms with van der Waals surface area (Å²) in [6.07, 6.45) is 0. The summed E-state index contributed by atoms with van der Waals surface area (Å²) < 4.78 is 15.2. The van der Waals surface area contributed by atoms with E-state index < -0.39 is 0 Å². The van der Waals surface area contributed by atoms with Gasteiger partial charge in [-0.2, -0.15) is 5.10 Å². The van der Waals surface area contributed by atoms with Crippen molar-refractivity contribution >= 4 is 17.0 Å². The summed E-state index contributed by atoms with van der Waals surface area (Å²) in [5.41, 5.74) is 3.51. The van der Waals surface area contributed by atoms with Crippen molar-refractivity contribution in [2.75, 3.05) is 7.05 Å². The van der Waals surface area contributed by atoms with Crippen LogP contribution in [0.3, 0.4) is 0 Å². The van der Waals surface area contributed by atoms with Gasteiger partial charge in [0.1, 0.15) is 5.82 Å². The Morgan fingerprint density at radius 2 is 1.87 bits per heavy atom. The van der Waals surface area contributed by atoms with Crippen molar-refractivity contribution in [3.63, 3.8) is 0 Å². The lowest BCUT2D eigenvalue weighted by Gasteiger charge is -2.06. The Balaban J connectivity index is 2.13. The van der Waals surface area contributed by atoms with E-state index in [0.29, 0.717) is 0 Å². The van der Waals surface area contributed by atoms with Crippen molar-refractivity contribution < 1.29 is 4.39 Å². The van der Waals surface area contributed by atoms with Crippen LogP contribution in [0.5, 0.6) is 0 Å². The topological polar surface area (TPSA) is 29.6 Å². The second-order valence-electron chi connectivity index (χ2n) is 5.00. The Bertz CT molecular complexity index is 907. The molecule has 1 aromatic heterocycles. The van der Waals surface area contributed by atoms with E-state index >= 15 is 0 Å². The summed E-state index contributed by atoms with van der Waals surface area (Å²) >= 11 is 1.53. The van der Waals surface area contributed by atoms with Gasteiger partial charge in [-0.15, -0.1) is 11.3 Å². The maximum atomic E-state index is 13.4. The molecular formula is C18H16FN3S. The van der Waals surface area contributed by atoms with Crippen molar-refractivity contribution in [2.45, 2.75) is 6.92 Å². The fourth-order valence-electron chi connectivity index (χ4n) is 2.28. The molecule has 0 radical (unpaired) electrons. The lowest BCUT2D eigenvalue weighted by atomic mass is 10.1. The van der Waals surface area contributed by atoms with Gasteiger partial charge in [-0.1, -0.05) is 42.5 Å². The van der Waals surface area contributed by atoms with E-state index in [2.05, 4.69) is 10.1 Å². The van der Waals surface area contributed by atoms with E-state index in [9.17, 15) is 4.39 Å². The van der Waals surface area contributed by atoms with Crippen LogP contribution < -0.4 is 4.80 Å². The summed E-state index contributed by atoms with van der Waals surface area (Å²) in [7, 11) is 1.74. The first kappa shape index (κ1) is 15.4. The first-order valence-electron chi connectivity index (χ1n) is 7.19. The molecule has 2 aromatic carbocycles. The molecule has 3 aromatic rings. The maximum absolute atomic E-state index is 13.4. The zero-order valence-electron chi connectivity index (χ0n) is 12.9. The molecule has 0 bridgehead atoms. The highest BCUT2D eigenvalue weighted by molar-refractivity contribution is 7.07. The van der Waals surface area contributed by atoms with Crippen LogP contribution in [0, 0.1) is 5.82 Å². The molecule has 1 heterocycles. The van der Waals surface area contributed by atoms with Gasteiger partial charge in [0, 0.05) is 23.6 Å². The smallest absolute Gasteiger partial charge is 0.205 e. The molecule has 0 saturated carbocycles. The normalized spacial score (nSPS) is 12.7. The van der Waals surface area contributed by atoms with Gasteiger partial charge in [0.2, 0.25) is 4.80 Å². The van der Waals surface area contributed by atoms with Gasteiger partial charge < -0.3 is 0 Å². The van der Waals surface area contributed by atoms with Gasteiger partial charge in [0.05, 0.1) is 11.4 Å². The van der Waals surface area contributed by atoms with Crippen molar-refractivity contribution in [1.82, 2.24) is 4.68 Å². The number of benzene rings is 2. The zero-order valence-corrected chi connectivity index (χ0v) is 13.7. The molecule has 0 aliphatic carbocycles. The lowest BCUT2D eigenvalue weighted by Crippen LogP contribution is -2.13. The van der Waals surface area contributed by atoms with E-state index in [-0.39, 0.29) is 5.82 Å². The Morgan fingerprint density at radius 1 is 1.09 bits per heavy atom. The number of aromatic nitrogens is 1. The largest absolute Gasteiger partial charge is 0.261 e. The highest BCUT2D eigenvalue weighted by atomic mass is 32.1. The van der Waals surface area contributed by atoms with E-state index in [1.165, 1.54) is 23.5 Å². The molecule has 0 N–H and O–H groups in total. The van der Waals surface area contributed by atoms with Crippen LogP contribution in [-0.2, 0) is 0 Å². The molecule has 5 heteroatoms. The quantitative estimate of drug-likeness (QED) is 0.647. The first-order valence-corrected chi connectivity index (χ1v) is 8.07. The number of hydrogen-bond acceptors (Lipinski definition) is 3. The van der Waals surface area contributed by atoms with E-state index in [0.717, 1.165) is 27.3 Å².